The molecule has 2 aromatic rings. The summed E-state index contributed by atoms with van der Waals surface area (Å²) in [4.78, 5) is 32.4. The Morgan fingerprint density at radius 2 is 1.87 bits per heavy atom. The van der Waals surface area contributed by atoms with E-state index >= 15 is 0 Å². The molecule has 30 heavy (non-hydrogen) atoms. The van der Waals surface area contributed by atoms with Gasteiger partial charge in [-0.05, 0) is 36.4 Å². The third kappa shape index (κ3) is 4.72. The first kappa shape index (κ1) is 20.2. The topological polar surface area (TPSA) is 74.8 Å². The van der Waals surface area contributed by atoms with Crippen molar-refractivity contribution < 1.29 is 14.3 Å². The van der Waals surface area contributed by atoms with Gasteiger partial charge in [-0.1, -0.05) is 6.92 Å². The van der Waals surface area contributed by atoms with Gasteiger partial charge in [0, 0.05) is 57.3 Å². The van der Waals surface area contributed by atoms with Crippen LogP contribution in [0.15, 0.2) is 48.8 Å². The number of benzene rings is 1. The minimum absolute atomic E-state index is 0.0165. The molecule has 1 aromatic carbocycles. The van der Waals surface area contributed by atoms with Crippen molar-refractivity contribution in [2.75, 3.05) is 36.4 Å². The summed E-state index contributed by atoms with van der Waals surface area (Å²) < 4.78 is 6.06. The second-order valence-corrected chi connectivity index (χ2v) is 7.88. The minimum Gasteiger partial charge on any atom is -0.490 e. The zero-order valence-corrected chi connectivity index (χ0v) is 17.3. The van der Waals surface area contributed by atoms with Crippen LogP contribution in [0, 0.1) is 5.92 Å². The molecule has 1 aromatic heterocycles. The molecule has 0 radical (unpaired) electrons. The number of pyridine rings is 1. The second-order valence-electron chi connectivity index (χ2n) is 7.88. The highest BCUT2D eigenvalue weighted by atomic mass is 16.5. The van der Waals surface area contributed by atoms with Crippen molar-refractivity contribution in [1.82, 2.24) is 9.88 Å². The van der Waals surface area contributed by atoms with Crippen LogP contribution in [0.4, 0.5) is 11.4 Å². The van der Waals surface area contributed by atoms with Gasteiger partial charge in [0.05, 0.1) is 17.8 Å². The number of aromatic nitrogens is 1. The first-order valence-electron chi connectivity index (χ1n) is 10.6. The number of anilines is 2. The first-order chi connectivity index (χ1) is 14.6. The Morgan fingerprint density at radius 1 is 1.13 bits per heavy atom. The van der Waals surface area contributed by atoms with E-state index in [0.717, 1.165) is 43.1 Å². The molecule has 7 nitrogen and oxygen atoms in total. The quantitative estimate of drug-likeness (QED) is 0.796. The molecule has 1 N–H and O–H groups in total. The zero-order valence-electron chi connectivity index (χ0n) is 17.3. The van der Waals surface area contributed by atoms with Gasteiger partial charge in [0.1, 0.15) is 11.9 Å². The summed E-state index contributed by atoms with van der Waals surface area (Å²) in [6.45, 7) is 4.81. The summed E-state index contributed by atoms with van der Waals surface area (Å²) in [5, 5.41) is 2.99. The predicted octanol–water partition coefficient (Wildman–Crippen LogP) is 2.94. The maximum atomic E-state index is 12.5. The Bertz CT molecular complexity index is 858. The van der Waals surface area contributed by atoms with Crippen molar-refractivity contribution in [2.45, 2.75) is 32.3 Å². The maximum Gasteiger partial charge on any atom is 0.231 e. The minimum atomic E-state index is -0.0165. The van der Waals surface area contributed by atoms with Gasteiger partial charge in [0.15, 0.2) is 0 Å². The molecule has 0 atom stereocenters. The SMILES string of the molecule is CCC(=O)N1CCC(Oc2ccc(NC(=O)C3CN(c4cccnc4)C3)cc2)CC1. The molecule has 158 valence electrons. The molecule has 0 spiro atoms. The summed E-state index contributed by atoms with van der Waals surface area (Å²) in [6.07, 6.45) is 5.94. The fourth-order valence-corrected chi connectivity index (χ4v) is 3.90. The Balaban J connectivity index is 1.22. The van der Waals surface area contributed by atoms with E-state index in [0.29, 0.717) is 19.5 Å². The van der Waals surface area contributed by atoms with E-state index in [1.807, 2.05) is 54.4 Å². The number of carbonyl (C=O) groups is 2. The van der Waals surface area contributed by atoms with Crippen LogP contribution in [0.5, 0.6) is 5.75 Å². The number of nitrogens with zero attached hydrogens (tertiary/aromatic N) is 3. The van der Waals surface area contributed by atoms with Crippen molar-refractivity contribution in [3.05, 3.63) is 48.8 Å². The number of hydrogen-bond acceptors (Lipinski definition) is 5. The predicted molar refractivity (Wildman–Crippen MR) is 116 cm³/mol. The molecule has 0 unspecified atom stereocenters. The van der Waals surface area contributed by atoms with E-state index in [1.54, 1.807) is 6.20 Å². The lowest BCUT2D eigenvalue weighted by atomic mass is 9.98. The molecule has 0 aliphatic carbocycles. The molecule has 0 bridgehead atoms. The van der Waals surface area contributed by atoms with Gasteiger partial charge in [-0.2, -0.15) is 0 Å². The average molecular weight is 409 g/mol. The van der Waals surface area contributed by atoms with Gasteiger partial charge in [-0.25, -0.2) is 0 Å². The van der Waals surface area contributed by atoms with Gasteiger partial charge in [-0.3, -0.25) is 14.6 Å². The molecule has 4 rings (SSSR count). The molecule has 2 saturated heterocycles. The lowest BCUT2D eigenvalue weighted by Crippen LogP contribution is -2.52. The normalized spacial score (nSPS) is 17.4. The molecule has 7 heteroatoms. The standard InChI is InChI=1S/C23H28N4O3/c1-2-22(28)26-12-9-21(10-13-26)30-20-7-5-18(6-8-20)25-23(29)17-15-27(16-17)19-4-3-11-24-14-19/h3-8,11,14,17,21H,2,9-10,12-13,15-16H2,1H3,(H,25,29). The molecular weight excluding hydrogens is 380 g/mol. The van der Waals surface area contributed by atoms with E-state index in [4.69, 9.17) is 4.74 Å². The van der Waals surface area contributed by atoms with E-state index < -0.39 is 0 Å². The van der Waals surface area contributed by atoms with Crippen LogP contribution in [-0.2, 0) is 9.59 Å². The lowest BCUT2D eigenvalue weighted by molar-refractivity contribution is -0.132. The van der Waals surface area contributed by atoms with Gasteiger partial charge in [0.25, 0.3) is 0 Å². The average Bonchev–Trinajstić information content (AvgIpc) is 2.75. The van der Waals surface area contributed by atoms with Crippen molar-refractivity contribution >= 4 is 23.2 Å². The fraction of sp³-hybridized carbons (Fsp3) is 0.435. The van der Waals surface area contributed by atoms with Crippen molar-refractivity contribution in [2.24, 2.45) is 5.92 Å². The first-order valence-corrected chi connectivity index (χ1v) is 10.6. The van der Waals surface area contributed by atoms with Crippen molar-refractivity contribution in [3.8, 4) is 5.75 Å². The summed E-state index contributed by atoms with van der Waals surface area (Å²) >= 11 is 0. The summed E-state index contributed by atoms with van der Waals surface area (Å²) in [5.41, 5.74) is 1.82. The number of carbonyl (C=O) groups excluding carboxylic acids is 2. The van der Waals surface area contributed by atoms with Crippen LogP contribution in [0.3, 0.4) is 0 Å². The Labute approximate surface area is 177 Å². The van der Waals surface area contributed by atoms with Gasteiger partial charge in [-0.15, -0.1) is 0 Å². The van der Waals surface area contributed by atoms with Crippen LogP contribution in [0.1, 0.15) is 26.2 Å². The third-order valence-corrected chi connectivity index (χ3v) is 5.79. The number of piperidine rings is 1. The molecular formula is C23H28N4O3. The monoisotopic (exact) mass is 408 g/mol. The number of hydrogen-bond donors (Lipinski definition) is 1. The molecule has 2 aliphatic heterocycles. The number of nitrogens with one attached hydrogen (secondary N) is 1. The highest BCUT2D eigenvalue weighted by Crippen LogP contribution is 2.26. The summed E-state index contributed by atoms with van der Waals surface area (Å²) in [6, 6.07) is 11.4. The van der Waals surface area contributed by atoms with Crippen LogP contribution in [-0.4, -0.2) is 54.0 Å². The molecule has 2 fully saturated rings. The van der Waals surface area contributed by atoms with E-state index in [9.17, 15) is 9.59 Å². The number of amides is 2. The van der Waals surface area contributed by atoms with E-state index in [-0.39, 0.29) is 23.8 Å². The second kappa shape index (κ2) is 9.15. The maximum absolute atomic E-state index is 12.5. The lowest BCUT2D eigenvalue weighted by Gasteiger charge is -2.39. The Kier molecular flexibility index (Phi) is 6.16. The van der Waals surface area contributed by atoms with Gasteiger partial charge in [0.2, 0.25) is 11.8 Å². The molecule has 2 amide bonds. The summed E-state index contributed by atoms with van der Waals surface area (Å²) in [5.74, 6) is 1.03. The van der Waals surface area contributed by atoms with Gasteiger partial charge < -0.3 is 19.9 Å². The summed E-state index contributed by atoms with van der Waals surface area (Å²) in [7, 11) is 0. The van der Waals surface area contributed by atoms with Crippen LogP contribution in [0.2, 0.25) is 0 Å². The number of likely N-dealkylation sites (tertiary alicyclic amines) is 1. The fourth-order valence-electron chi connectivity index (χ4n) is 3.90. The zero-order chi connectivity index (χ0) is 20.9. The van der Waals surface area contributed by atoms with Crippen LogP contribution < -0.4 is 15.0 Å². The van der Waals surface area contributed by atoms with Crippen molar-refractivity contribution in [3.63, 3.8) is 0 Å². The molecule has 3 heterocycles. The Hall–Kier alpha value is -3.09. The van der Waals surface area contributed by atoms with Crippen molar-refractivity contribution in [1.29, 1.82) is 0 Å². The van der Waals surface area contributed by atoms with E-state index in [2.05, 4.69) is 15.2 Å². The van der Waals surface area contributed by atoms with Crippen LogP contribution >= 0.6 is 0 Å². The van der Waals surface area contributed by atoms with Gasteiger partial charge >= 0.3 is 0 Å². The Morgan fingerprint density at radius 3 is 2.50 bits per heavy atom. The van der Waals surface area contributed by atoms with Crippen LogP contribution in [0.25, 0.3) is 0 Å². The smallest absolute Gasteiger partial charge is 0.231 e. The largest absolute Gasteiger partial charge is 0.490 e. The number of ether oxygens (including phenoxy) is 1. The molecule has 0 saturated carbocycles. The molecule has 2 aliphatic rings. The van der Waals surface area contributed by atoms with E-state index in [1.165, 1.54) is 0 Å². The third-order valence-electron chi connectivity index (χ3n) is 5.79. The number of rotatable bonds is 6. The highest BCUT2D eigenvalue weighted by Gasteiger charge is 2.33. The highest BCUT2D eigenvalue weighted by molar-refractivity contribution is 5.94.